The lowest BCUT2D eigenvalue weighted by Gasteiger charge is -2.22. The van der Waals surface area contributed by atoms with Gasteiger partial charge in [0.2, 0.25) is 5.91 Å². The van der Waals surface area contributed by atoms with Gasteiger partial charge in [0.05, 0.1) is 16.0 Å². The third-order valence-electron chi connectivity index (χ3n) is 4.80. The van der Waals surface area contributed by atoms with E-state index in [9.17, 15) is 4.79 Å². The Kier molecular flexibility index (Phi) is 6.92. The van der Waals surface area contributed by atoms with E-state index in [2.05, 4.69) is 34.3 Å². The van der Waals surface area contributed by atoms with Crippen LogP contribution < -0.4 is 5.32 Å². The zero-order chi connectivity index (χ0) is 19.4. The summed E-state index contributed by atoms with van der Waals surface area (Å²) in [6.45, 7) is 8.00. The summed E-state index contributed by atoms with van der Waals surface area (Å²) in [5, 5.41) is 12.7. The molecular formula is C19H28N4O2S2. The molecule has 1 aliphatic carbocycles. The number of amides is 1. The van der Waals surface area contributed by atoms with Gasteiger partial charge in [0, 0.05) is 6.04 Å². The number of thioether (sulfide) groups is 1. The summed E-state index contributed by atoms with van der Waals surface area (Å²) in [7, 11) is 0. The van der Waals surface area contributed by atoms with Crippen molar-refractivity contribution in [3.63, 3.8) is 0 Å². The number of carbonyl (C=O) groups excluding carboxylic acids is 1. The average molecular weight is 409 g/mol. The van der Waals surface area contributed by atoms with Crippen molar-refractivity contribution < 1.29 is 9.21 Å². The molecule has 2 heterocycles. The van der Waals surface area contributed by atoms with Gasteiger partial charge in [-0.2, -0.15) is 0 Å². The lowest BCUT2D eigenvalue weighted by atomic mass is 10.1. The summed E-state index contributed by atoms with van der Waals surface area (Å²) in [5.41, 5.74) is 0.893. The summed E-state index contributed by atoms with van der Waals surface area (Å²) in [6, 6.07) is 0.294. The zero-order valence-electron chi connectivity index (χ0n) is 16.4. The molecule has 1 saturated carbocycles. The molecule has 1 fully saturated rings. The Morgan fingerprint density at radius 2 is 1.89 bits per heavy atom. The number of rotatable bonds is 6. The minimum Gasteiger partial charge on any atom is -0.410 e. The second-order valence-corrected chi connectivity index (χ2v) is 9.80. The minimum atomic E-state index is -0.245. The fraction of sp³-hybridized carbons (Fsp3) is 0.684. The van der Waals surface area contributed by atoms with Crippen molar-refractivity contribution in [1.29, 1.82) is 0 Å². The maximum Gasteiger partial charge on any atom is 0.277 e. The van der Waals surface area contributed by atoms with Crippen molar-refractivity contribution in [3.8, 4) is 10.8 Å². The lowest BCUT2D eigenvalue weighted by molar-refractivity contribution is -0.122. The van der Waals surface area contributed by atoms with Crippen molar-refractivity contribution >= 4 is 29.0 Å². The normalized spacial score (nSPS) is 17.1. The Morgan fingerprint density at radius 3 is 2.48 bits per heavy atom. The average Bonchev–Trinajstić information content (AvgIpc) is 3.11. The van der Waals surface area contributed by atoms with Gasteiger partial charge in [-0.1, -0.05) is 51.3 Å². The molecule has 1 N–H and O–H groups in total. The Bertz CT molecular complexity index is 764. The molecule has 1 unspecified atom stereocenters. The van der Waals surface area contributed by atoms with E-state index in [0.717, 1.165) is 28.4 Å². The van der Waals surface area contributed by atoms with Crippen LogP contribution >= 0.6 is 23.1 Å². The van der Waals surface area contributed by atoms with Crippen molar-refractivity contribution in [2.75, 3.05) is 0 Å². The molecule has 2 aromatic rings. The highest BCUT2D eigenvalue weighted by atomic mass is 32.2. The van der Waals surface area contributed by atoms with E-state index in [1.807, 2.05) is 13.8 Å². The van der Waals surface area contributed by atoms with E-state index in [0.29, 0.717) is 17.2 Å². The largest absolute Gasteiger partial charge is 0.410 e. The van der Waals surface area contributed by atoms with Gasteiger partial charge in [-0.3, -0.25) is 4.79 Å². The van der Waals surface area contributed by atoms with Gasteiger partial charge >= 0.3 is 0 Å². The van der Waals surface area contributed by atoms with E-state index in [1.165, 1.54) is 37.4 Å². The summed E-state index contributed by atoms with van der Waals surface area (Å²) < 4.78 is 5.84. The van der Waals surface area contributed by atoms with Crippen LogP contribution in [0.2, 0.25) is 0 Å². The number of aryl methyl sites for hydroxylation is 2. The highest BCUT2D eigenvalue weighted by Crippen LogP contribution is 2.33. The van der Waals surface area contributed by atoms with Crippen LogP contribution in [0, 0.1) is 19.8 Å². The topological polar surface area (TPSA) is 80.9 Å². The molecule has 1 atom stereocenters. The van der Waals surface area contributed by atoms with Crippen LogP contribution in [0.5, 0.6) is 0 Å². The minimum absolute atomic E-state index is 0.0754. The number of hydrogen-bond acceptors (Lipinski definition) is 7. The summed E-state index contributed by atoms with van der Waals surface area (Å²) in [5.74, 6) is 0.724. The van der Waals surface area contributed by atoms with Gasteiger partial charge in [-0.25, -0.2) is 4.98 Å². The Balaban J connectivity index is 1.67. The van der Waals surface area contributed by atoms with Gasteiger partial charge in [0.25, 0.3) is 11.1 Å². The predicted octanol–water partition coefficient (Wildman–Crippen LogP) is 4.77. The molecule has 6 nitrogen and oxygen atoms in total. The molecule has 2 aromatic heterocycles. The number of hydrogen-bond donors (Lipinski definition) is 1. The highest BCUT2D eigenvalue weighted by Gasteiger charge is 2.28. The van der Waals surface area contributed by atoms with E-state index in [4.69, 9.17) is 4.42 Å². The third kappa shape index (κ3) is 5.31. The summed E-state index contributed by atoms with van der Waals surface area (Å²) >= 11 is 2.90. The third-order valence-corrected chi connectivity index (χ3v) is 7.24. The Labute approximate surface area is 168 Å². The molecule has 0 aromatic carbocycles. The first-order valence-corrected chi connectivity index (χ1v) is 11.4. The quantitative estimate of drug-likeness (QED) is 0.548. The molecule has 3 rings (SSSR count). The molecule has 1 aliphatic rings. The van der Waals surface area contributed by atoms with E-state index in [-0.39, 0.29) is 17.1 Å². The maximum absolute atomic E-state index is 12.9. The van der Waals surface area contributed by atoms with E-state index < -0.39 is 0 Å². The van der Waals surface area contributed by atoms with E-state index in [1.54, 1.807) is 11.3 Å². The molecule has 8 heteroatoms. The van der Waals surface area contributed by atoms with E-state index >= 15 is 0 Å². The van der Waals surface area contributed by atoms with Gasteiger partial charge in [-0.15, -0.1) is 21.5 Å². The number of thiazole rings is 1. The second-order valence-electron chi connectivity index (χ2n) is 7.50. The molecule has 27 heavy (non-hydrogen) atoms. The number of aromatic nitrogens is 3. The second kappa shape index (κ2) is 9.19. The molecular weight excluding hydrogens is 380 g/mol. The highest BCUT2D eigenvalue weighted by molar-refractivity contribution is 8.00. The van der Waals surface area contributed by atoms with Crippen LogP contribution in [-0.2, 0) is 4.79 Å². The van der Waals surface area contributed by atoms with Crippen LogP contribution in [0.3, 0.4) is 0 Å². The van der Waals surface area contributed by atoms with Crippen molar-refractivity contribution in [1.82, 2.24) is 20.5 Å². The van der Waals surface area contributed by atoms with Gasteiger partial charge < -0.3 is 9.73 Å². The van der Waals surface area contributed by atoms with Crippen molar-refractivity contribution in [2.45, 2.75) is 82.7 Å². The lowest BCUT2D eigenvalue weighted by Crippen LogP contribution is -2.41. The molecule has 0 bridgehead atoms. The number of carbonyl (C=O) groups is 1. The van der Waals surface area contributed by atoms with Crippen LogP contribution in [-0.4, -0.2) is 32.4 Å². The molecule has 0 aliphatic heterocycles. The Morgan fingerprint density at radius 1 is 1.19 bits per heavy atom. The zero-order valence-corrected chi connectivity index (χ0v) is 18.1. The molecule has 1 amide bonds. The molecule has 0 radical (unpaired) electrons. The standard InChI is InChI=1S/C19H28N4O2S2/c1-11(2)15(17(24)21-14-9-7-5-6-8-10-14)27-19-23-22-18(25-19)16-12(3)20-13(4)26-16/h11,14-15H,5-10H2,1-4H3,(H,21,24). The van der Waals surface area contributed by atoms with Gasteiger partial charge in [0.15, 0.2) is 0 Å². The molecule has 0 saturated heterocycles. The molecule has 148 valence electrons. The van der Waals surface area contributed by atoms with Crippen molar-refractivity contribution in [3.05, 3.63) is 10.7 Å². The van der Waals surface area contributed by atoms with Gasteiger partial charge in [0.1, 0.15) is 4.88 Å². The first-order chi connectivity index (χ1) is 12.9. The number of nitrogens with one attached hydrogen (secondary N) is 1. The first kappa shape index (κ1) is 20.3. The van der Waals surface area contributed by atoms with Gasteiger partial charge in [-0.05, 0) is 32.6 Å². The molecule has 0 spiro atoms. The van der Waals surface area contributed by atoms with Crippen LogP contribution in [0.1, 0.15) is 63.1 Å². The fourth-order valence-corrected chi connectivity index (χ4v) is 5.11. The maximum atomic E-state index is 12.9. The summed E-state index contributed by atoms with van der Waals surface area (Å²) in [6.07, 6.45) is 7.11. The SMILES string of the molecule is Cc1nc(C)c(-c2nnc(SC(C(=O)NC3CCCCCC3)C(C)C)o2)s1. The van der Waals surface area contributed by atoms with Crippen molar-refractivity contribution in [2.24, 2.45) is 5.92 Å². The van der Waals surface area contributed by atoms with Crippen LogP contribution in [0.25, 0.3) is 10.8 Å². The number of nitrogens with zero attached hydrogens (tertiary/aromatic N) is 3. The van der Waals surface area contributed by atoms with Crippen LogP contribution in [0.4, 0.5) is 0 Å². The smallest absolute Gasteiger partial charge is 0.277 e. The van der Waals surface area contributed by atoms with Crippen LogP contribution in [0.15, 0.2) is 9.64 Å². The Hall–Kier alpha value is -1.41. The first-order valence-electron chi connectivity index (χ1n) is 9.69. The predicted molar refractivity (Wildman–Crippen MR) is 109 cm³/mol. The summed E-state index contributed by atoms with van der Waals surface area (Å²) in [4.78, 5) is 18.2. The monoisotopic (exact) mass is 408 g/mol. The fourth-order valence-electron chi connectivity index (χ4n) is 3.39.